The van der Waals surface area contributed by atoms with Gasteiger partial charge in [-0.1, -0.05) is 34.1 Å². The van der Waals surface area contributed by atoms with Crippen molar-refractivity contribution in [2.45, 2.75) is 0 Å². The average Bonchev–Trinajstić information content (AvgIpc) is 2.37. The third kappa shape index (κ3) is 4.03. The van der Waals surface area contributed by atoms with Gasteiger partial charge in [-0.15, -0.1) is 0 Å². The van der Waals surface area contributed by atoms with Gasteiger partial charge < -0.3 is 9.47 Å². The summed E-state index contributed by atoms with van der Waals surface area (Å²) in [6.07, 6.45) is 0. The summed E-state index contributed by atoms with van der Waals surface area (Å²) < 4.78 is 13.1. The zero-order valence-electron chi connectivity index (χ0n) is 9.61. The van der Waals surface area contributed by atoms with Crippen LogP contribution in [-0.2, 0) is 0 Å². The van der Waals surface area contributed by atoms with Gasteiger partial charge in [0.2, 0.25) is 0 Å². The Kier molecular flexibility index (Phi) is 5.08. The average molecular weight is 372 g/mol. The highest BCUT2D eigenvalue weighted by Gasteiger charge is 1.99. The van der Waals surface area contributed by atoms with Crippen LogP contribution in [0.5, 0.6) is 11.5 Å². The molecule has 0 heterocycles. The SMILES string of the molecule is Brc1cccc(OCCOc2ccccc2Br)c1. The number of benzene rings is 2. The Morgan fingerprint density at radius 1 is 0.833 bits per heavy atom. The molecule has 94 valence electrons. The summed E-state index contributed by atoms with van der Waals surface area (Å²) in [5.41, 5.74) is 0. The van der Waals surface area contributed by atoms with Gasteiger partial charge in [-0.3, -0.25) is 0 Å². The number of hydrogen-bond donors (Lipinski definition) is 0. The van der Waals surface area contributed by atoms with E-state index in [-0.39, 0.29) is 0 Å². The van der Waals surface area contributed by atoms with E-state index in [0.29, 0.717) is 13.2 Å². The molecule has 2 rings (SSSR count). The summed E-state index contributed by atoms with van der Waals surface area (Å²) in [7, 11) is 0. The van der Waals surface area contributed by atoms with Gasteiger partial charge in [-0.05, 0) is 46.3 Å². The molecule has 0 aromatic heterocycles. The van der Waals surface area contributed by atoms with Gasteiger partial charge in [-0.2, -0.15) is 0 Å². The van der Waals surface area contributed by atoms with Crippen molar-refractivity contribution in [3.05, 3.63) is 57.5 Å². The Bertz CT molecular complexity index is 515. The lowest BCUT2D eigenvalue weighted by molar-refractivity contribution is 0.216. The van der Waals surface area contributed by atoms with Crippen LogP contribution in [0.25, 0.3) is 0 Å². The van der Waals surface area contributed by atoms with Crippen molar-refractivity contribution in [1.82, 2.24) is 0 Å². The highest BCUT2D eigenvalue weighted by atomic mass is 79.9. The maximum Gasteiger partial charge on any atom is 0.133 e. The monoisotopic (exact) mass is 370 g/mol. The minimum Gasteiger partial charge on any atom is -0.490 e. The molecule has 2 nitrogen and oxygen atoms in total. The van der Waals surface area contributed by atoms with Crippen molar-refractivity contribution in [1.29, 1.82) is 0 Å². The van der Waals surface area contributed by atoms with E-state index < -0.39 is 0 Å². The molecule has 0 saturated heterocycles. The maximum absolute atomic E-state index is 5.61. The molecule has 0 amide bonds. The Morgan fingerprint density at radius 3 is 2.39 bits per heavy atom. The van der Waals surface area contributed by atoms with E-state index in [1.807, 2.05) is 48.5 Å². The molecule has 0 N–H and O–H groups in total. The first kappa shape index (κ1) is 13.4. The van der Waals surface area contributed by atoms with Crippen molar-refractivity contribution in [3.8, 4) is 11.5 Å². The Balaban J connectivity index is 1.78. The molecule has 0 unspecified atom stereocenters. The fourth-order valence-corrected chi connectivity index (χ4v) is 2.21. The zero-order chi connectivity index (χ0) is 12.8. The molecule has 0 atom stereocenters. The summed E-state index contributed by atoms with van der Waals surface area (Å²) in [5, 5.41) is 0. The van der Waals surface area contributed by atoms with E-state index in [2.05, 4.69) is 31.9 Å². The first-order valence-electron chi connectivity index (χ1n) is 5.51. The fourth-order valence-electron chi connectivity index (χ4n) is 1.43. The third-order valence-corrected chi connectivity index (χ3v) is 3.39. The van der Waals surface area contributed by atoms with E-state index in [1.54, 1.807) is 0 Å². The number of halogens is 2. The summed E-state index contributed by atoms with van der Waals surface area (Å²) in [5.74, 6) is 1.66. The topological polar surface area (TPSA) is 18.5 Å². The van der Waals surface area contributed by atoms with E-state index in [4.69, 9.17) is 9.47 Å². The molecule has 0 spiro atoms. The van der Waals surface area contributed by atoms with Crippen molar-refractivity contribution in [3.63, 3.8) is 0 Å². The van der Waals surface area contributed by atoms with Crippen LogP contribution < -0.4 is 9.47 Å². The molecule has 0 aliphatic heterocycles. The molecule has 4 heteroatoms. The van der Waals surface area contributed by atoms with E-state index >= 15 is 0 Å². The van der Waals surface area contributed by atoms with Gasteiger partial charge in [0.1, 0.15) is 24.7 Å². The standard InChI is InChI=1S/C14H12Br2O2/c15-11-4-3-5-12(10-11)17-8-9-18-14-7-2-1-6-13(14)16/h1-7,10H,8-9H2. The quantitative estimate of drug-likeness (QED) is 0.711. The van der Waals surface area contributed by atoms with Gasteiger partial charge in [0, 0.05) is 4.47 Å². The summed E-state index contributed by atoms with van der Waals surface area (Å²) in [6, 6.07) is 15.5. The predicted molar refractivity (Wildman–Crippen MR) is 79.3 cm³/mol. The second-order valence-corrected chi connectivity index (χ2v) is 5.35. The second-order valence-electron chi connectivity index (χ2n) is 3.58. The fraction of sp³-hybridized carbons (Fsp3) is 0.143. The minimum atomic E-state index is 0.509. The van der Waals surface area contributed by atoms with Gasteiger partial charge in [-0.25, -0.2) is 0 Å². The van der Waals surface area contributed by atoms with Gasteiger partial charge >= 0.3 is 0 Å². The normalized spacial score (nSPS) is 10.1. The van der Waals surface area contributed by atoms with E-state index in [1.165, 1.54) is 0 Å². The molecule has 18 heavy (non-hydrogen) atoms. The Hall–Kier alpha value is -1.00. The Labute approximate surface area is 123 Å². The number of para-hydroxylation sites is 1. The Morgan fingerprint density at radius 2 is 1.61 bits per heavy atom. The molecular weight excluding hydrogens is 360 g/mol. The molecule has 0 bridgehead atoms. The summed E-state index contributed by atoms with van der Waals surface area (Å²) >= 11 is 6.83. The third-order valence-electron chi connectivity index (χ3n) is 2.24. The highest BCUT2D eigenvalue weighted by molar-refractivity contribution is 9.10. The summed E-state index contributed by atoms with van der Waals surface area (Å²) in [4.78, 5) is 0. The van der Waals surface area contributed by atoms with Crippen LogP contribution in [0.2, 0.25) is 0 Å². The molecular formula is C14H12Br2O2. The van der Waals surface area contributed by atoms with Gasteiger partial charge in [0.15, 0.2) is 0 Å². The van der Waals surface area contributed by atoms with Crippen LogP contribution in [0, 0.1) is 0 Å². The first-order chi connectivity index (χ1) is 8.75. The largest absolute Gasteiger partial charge is 0.490 e. The molecule has 0 fully saturated rings. The van der Waals surface area contributed by atoms with Crippen LogP contribution >= 0.6 is 31.9 Å². The van der Waals surface area contributed by atoms with E-state index in [9.17, 15) is 0 Å². The molecule has 0 aliphatic carbocycles. The lowest BCUT2D eigenvalue weighted by atomic mass is 10.3. The maximum atomic E-state index is 5.61. The van der Waals surface area contributed by atoms with Gasteiger partial charge in [0.25, 0.3) is 0 Å². The van der Waals surface area contributed by atoms with Crippen molar-refractivity contribution in [2.75, 3.05) is 13.2 Å². The number of ether oxygens (including phenoxy) is 2. The van der Waals surface area contributed by atoms with Crippen LogP contribution in [0.3, 0.4) is 0 Å². The molecule has 0 radical (unpaired) electrons. The summed E-state index contributed by atoms with van der Waals surface area (Å²) in [6.45, 7) is 1.02. The first-order valence-corrected chi connectivity index (χ1v) is 7.10. The molecule has 0 saturated carbocycles. The van der Waals surface area contributed by atoms with Crippen LogP contribution in [0.1, 0.15) is 0 Å². The van der Waals surface area contributed by atoms with Crippen molar-refractivity contribution in [2.24, 2.45) is 0 Å². The van der Waals surface area contributed by atoms with Crippen LogP contribution in [0.15, 0.2) is 57.5 Å². The number of rotatable bonds is 5. The van der Waals surface area contributed by atoms with Crippen LogP contribution in [-0.4, -0.2) is 13.2 Å². The lowest BCUT2D eigenvalue weighted by Gasteiger charge is -2.09. The predicted octanol–water partition coefficient (Wildman–Crippen LogP) is 4.67. The zero-order valence-corrected chi connectivity index (χ0v) is 12.8. The van der Waals surface area contributed by atoms with Crippen molar-refractivity contribution < 1.29 is 9.47 Å². The van der Waals surface area contributed by atoms with Crippen LogP contribution in [0.4, 0.5) is 0 Å². The molecule has 2 aromatic carbocycles. The van der Waals surface area contributed by atoms with Crippen molar-refractivity contribution >= 4 is 31.9 Å². The smallest absolute Gasteiger partial charge is 0.133 e. The molecule has 2 aromatic rings. The van der Waals surface area contributed by atoms with Gasteiger partial charge in [0.05, 0.1) is 4.47 Å². The highest BCUT2D eigenvalue weighted by Crippen LogP contribution is 2.23. The van der Waals surface area contributed by atoms with E-state index in [0.717, 1.165) is 20.4 Å². The minimum absolute atomic E-state index is 0.509. The second kappa shape index (κ2) is 6.81. The lowest BCUT2D eigenvalue weighted by Crippen LogP contribution is -2.09. The number of hydrogen-bond acceptors (Lipinski definition) is 2. The molecule has 0 aliphatic rings.